The Morgan fingerprint density at radius 1 is 1.32 bits per heavy atom. The summed E-state index contributed by atoms with van der Waals surface area (Å²) in [5.74, 6) is -0.942. The van der Waals surface area contributed by atoms with Crippen LogP contribution in [-0.4, -0.2) is 20.9 Å². The summed E-state index contributed by atoms with van der Waals surface area (Å²) in [6, 6.07) is 6.12. The minimum absolute atomic E-state index is 0.136. The maximum Gasteiger partial charge on any atom is 0.339 e. The van der Waals surface area contributed by atoms with Crippen molar-refractivity contribution >= 4 is 5.97 Å². The van der Waals surface area contributed by atoms with Gasteiger partial charge in [0.25, 0.3) is 0 Å². The number of rotatable bonds is 3. The normalized spacial score (nSPS) is 11.0. The summed E-state index contributed by atoms with van der Waals surface area (Å²) in [6.07, 6.45) is 1.60. The van der Waals surface area contributed by atoms with Crippen molar-refractivity contribution in [2.45, 2.75) is 33.7 Å². The smallest absolute Gasteiger partial charge is 0.339 e. The van der Waals surface area contributed by atoms with E-state index in [-0.39, 0.29) is 11.6 Å². The first-order valence-corrected chi connectivity index (χ1v) is 6.30. The summed E-state index contributed by atoms with van der Waals surface area (Å²) in [4.78, 5) is 11.4. The maximum absolute atomic E-state index is 11.4. The van der Waals surface area contributed by atoms with E-state index in [1.807, 2.05) is 45.9 Å². The van der Waals surface area contributed by atoms with E-state index in [0.717, 1.165) is 16.7 Å². The van der Waals surface area contributed by atoms with Gasteiger partial charge in [0, 0.05) is 17.8 Å². The molecule has 0 amide bonds. The van der Waals surface area contributed by atoms with Crippen LogP contribution in [0.15, 0.2) is 24.4 Å². The Hall–Kier alpha value is -2.10. The monoisotopic (exact) mass is 258 g/mol. The van der Waals surface area contributed by atoms with Gasteiger partial charge >= 0.3 is 5.97 Å². The fraction of sp³-hybridized carbons (Fsp3) is 0.333. The van der Waals surface area contributed by atoms with E-state index in [4.69, 9.17) is 0 Å². The average molecular weight is 258 g/mol. The third-order valence-corrected chi connectivity index (χ3v) is 3.14. The first kappa shape index (κ1) is 13.3. The largest absolute Gasteiger partial charge is 0.478 e. The zero-order valence-corrected chi connectivity index (χ0v) is 11.6. The maximum atomic E-state index is 11.4. The Morgan fingerprint density at radius 2 is 2.00 bits per heavy atom. The number of hydrogen-bond donors (Lipinski definition) is 1. The predicted molar refractivity (Wildman–Crippen MR) is 74.5 cm³/mol. The highest BCUT2D eigenvalue weighted by Gasteiger charge is 2.19. The van der Waals surface area contributed by atoms with Crippen LogP contribution in [0.5, 0.6) is 0 Å². The molecule has 0 aliphatic rings. The van der Waals surface area contributed by atoms with Crippen LogP contribution in [-0.2, 0) is 0 Å². The lowest BCUT2D eigenvalue weighted by Crippen LogP contribution is -2.01. The zero-order chi connectivity index (χ0) is 14.2. The summed E-state index contributed by atoms with van der Waals surface area (Å²) in [6.45, 7) is 7.91. The topological polar surface area (TPSA) is 55.1 Å². The van der Waals surface area contributed by atoms with Crippen LogP contribution in [0.1, 0.15) is 41.4 Å². The first-order valence-electron chi connectivity index (χ1n) is 6.30. The van der Waals surface area contributed by atoms with E-state index in [2.05, 4.69) is 5.10 Å². The van der Waals surface area contributed by atoms with Crippen molar-refractivity contribution in [1.29, 1.82) is 0 Å². The number of aromatic nitrogens is 2. The summed E-state index contributed by atoms with van der Waals surface area (Å²) < 4.78 is 1.69. The Balaban J connectivity index is 2.66. The number of benzene rings is 1. The van der Waals surface area contributed by atoms with Gasteiger partial charge < -0.3 is 5.11 Å². The van der Waals surface area contributed by atoms with Crippen molar-refractivity contribution in [1.82, 2.24) is 9.78 Å². The number of hydrogen-bond acceptors (Lipinski definition) is 2. The molecule has 2 aromatic rings. The number of carbonyl (C=O) groups is 1. The average Bonchev–Trinajstić information content (AvgIpc) is 2.77. The molecule has 0 atom stereocenters. The summed E-state index contributed by atoms with van der Waals surface area (Å²) in [5, 5.41) is 13.8. The molecule has 0 bridgehead atoms. The minimum atomic E-state index is -0.942. The van der Waals surface area contributed by atoms with Crippen LogP contribution in [0.25, 0.3) is 11.3 Å². The molecule has 100 valence electrons. The van der Waals surface area contributed by atoms with E-state index in [9.17, 15) is 9.90 Å². The third kappa shape index (κ3) is 2.52. The highest BCUT2D eigenvalue weighted by molar-refractivity contribution is 5.95. The van der Waals surface area contributed by atoms with Gasteiger partial charge in [-0.1, -0.05) is 17.7 Å². The number of carboxylic acids is 1. The fourth-order valence-corrected chi connectivity index (χ4v) is 2.00. The van der Waals surface area contributed by atoms with Gasteiger partial charge in [0.1, 0.15) is 11.3 Å². The SMILES string of the molecule is Cc1ccc(C)c(-c2nn(C(C)C)cc2C(=O)O)c1. The number of aryl methyl sites for hydroxylation is 2. The molecule has 0 unspecified atom stereocenters. The van der Waals surface area contributed by atoms with Crippen molar-refractivity contribution in [2.75, 3.05) is 0 Å². The summed E-state index contributed by atoms with van der Waals surface area (Å²) >= 11 is 0. The van der Waals surface area contributed by atoms with Gasteiger partial charge in [0.15, 0.2) is 0 Å². The predicted octanol–water partition coefficient (Wildman–Crippen LogP) is 3.45. The Labute approximate surface area is 112 Å². The second-order valence-electron chi connectivity index (χ2n) is 5.09. The van der Waals surface area contributed by atoms with Crippen LogP contribution >= 0.6 is 0 Å². The van der Waals surface area contributed by atoms with Crippen molar-refractivity contribution in [3.8, 4) is 11.3 Å². The van der Waals surface area contributed by atoms with Crippen LogP contribution < -0.4 is 0 Å². The molecule has 19 heavy (non-hydrogen) atoms. The third-order valence-electron chi connectivity index (χ3n) is 3.14. The highest BCUT2D eigenvalue weighted by atomic mass is 16.4. The van der Waals surface area contributed by atoms with Crippen molar-refractivity contribution in [3.63, 3.8) is 0 Å². The molecule has 4 nitrogen and oxygen atoms in total. The standard InChI is InChI=1S/C15H18N2O2/c1-9(2)17-8-13(15(18)19)14(16-17)12-7-10(3)5-6-11(12)4/h5-9H,1-4H3,(H,18,19). The van der Waals surface area contributed by atoms with E-state index >= 15 is 0 Å². The molecule has 1 aromatic carbocycles. The van der Waals surface area contributed by atoms with Crippen molar-refractivity contribution < 1.29 is 9.90 Å². The van der Waals surface area contributed by atoms with Crippen LogP contribution in [0.2, 0.25) is 0 Å². The van der Waals surface area contributed by atoms with Crippen LogP contribution in [0, 0.1) is 13.8 Å². The molecule has 0 saturated heterocycles. The second-order valence-corrected chi connectivity index (χ2v) is 5.09. The highest BCUT2D eigenvalue weighted by Crippen LogP contribution is 2.27. The lowest BCUT2D eigenvalue weighted by molar-refractivity contribution is 0.0697. The van der Waals surface area contributed by atoms with Gasteiger partial charge in [0.2, 0.25) is 0 Å². The van der Waals surface area contributed by atoms with Crippen molar-refractivity contribution in [2.24, 2.45) is 0 Å². The van der Waals surface area contributed by atoms with Crippen LogP contribution in [0.3, 0.4) is 0 Å². The van der Waals surface area contributed by atoms with Gasteiger partial charge in [0.05, 0.1) is 0 Å². The summed E-state index contributed by atoms with van der Waals surface area (Å²) in [7, 11) is 0. The van der Waals surface area contributed by atoms with Gasteiger partial charge in [-0.05, 0) is 39.3 Å². The molecule has 0 fully saturated rings. The number of nitrogens with zero attached hydrogens (tertiary/aromatic N) is 2. The first-order chi connectivity index (χ1) is 8.90. The van der Waals surface area contributed by atoms with Gasteiger partial charge in [-0.2, -0.15) is 5.10 Å². The van der Waals surface area contributed by atoms with Gasteiger partial charge in [-0.15, -0.1) is 0 Å². The number of carboxylic acid groups (broad SMARTS) is 1. The fourth-order valence-electron chi connectivity index (χ4n) is 2.00. The lowest BCUT2D eigenvalue weighted by atomic mass is 10.0. The molecule has 2 rings (SSSR count). The molecule has 0 saturated carbocycles. The molecular formula is C15H18N2O2. The van der Waals surface area contributed by atoms with Crippen molar-refractivity contribution in [3.05, 3.63) is 41.1 Å². The summed E-state index contributed by atoms with van der Waals surface area (Å²) in [5.41, 5.74) is 3.81. The molecule has 0 radical (unpaired) electrons. The zero-order valence-electron chi connectivity index (χ0n) is 11.6. The molecular weight excluding hydrogens is 240 g/mol. The lowest BCUT2D eigenvalue weighted by Gasteiger charge is -2.06. The van der Waals surface area contributed by atoms with E-state index in [1.165, 1.54) is 0 Å². The molecule has 0 aliphatic carbocycles. The molecule has 1 heterocycles. The van der Waals surface area contributed by atoms with Gasteiger partial charge in [-0.25, -0.2) is 4.79 Å². The Morgan fingerprint density at radius 3 is 2.58 bits per heavy atom. The molecule has 1 aromatic heterocycles. The number of aromatic carboxylic acids is 1. The Bertz CT molecular complexity index is 627. The Kier molecular flexibility index (Phi) is 3.42. The van der Waals surface area contributed by atoms with E-state index in [1.54, 1.807) is 10.9 Å². The van der Waals surface area contributed by atoms with E-state index < -0.39 is 5.97 Å². The molecule has 0 aliphatic heterocycles. The second kappa shape index (κ2) is 4.88. The molecule has 0 spiro atoms. The quantitative estimate of drug-likeness (QED) is 0.917. The van der Waals surface area contributed by atoms with Gasteiger partial charge in [-0.3, -0.25) is 4.68 Å². The van der Waals surface area contributed by atoms with E-state index in [0.29, 0.717) is 5.69 Å². The molecule has 1 N–H and O–H groups in total. The van der Waals surface area contributed by atoms with Crippen LogP contribution in [0.4, 0.5) is 0 Å². The minimum Gasteiger partial charge on any atom is -0.478 e. The molecule has 4 heteroatoms.